The van der Waals surface area contributed by atoms with Crippen LogP contribution in [0.4, 0.5) is 4.39 Å². The SMILES string of the molecule is C/C=C/CCc1ccc2c(F)c(C#Cc3ccc(-c4ccc(CCCCCCC)cc4)cc3)ccc2c1. The highest BCUT2D eigenvalue weighted by molar-refractivity contribution is 5.85. The molecule has 1 heteroatoms. The molecule has 4 rings (SSSR count). The summed E-state index contributed by atoms with van der Waals surface area (Å²) in [6, 6.07) is 26.9. The van der Waals surface area contributed by atoms with Crippen molar-refractivity contribution < 1.29 is 4.39 Å². The molecule has 0 amide bonds. The Hall–Kier alpha value is -3.63. The molecule has 0 radical (unpaired) electrons. The zero-order valence-electron chi connectivity index (χ0n) is 22.2. The molecule has 0 N–H and O–H groups in total. The summed E-state index contributed by atoms with van der Waals surface area (Å²) < 4.78 is 15.1. The number of rotatable bonds is 10. The maximum atomic E-state index is 15.1. The van der Waals surface area contributed by atoms with Crippen LogP contribution in [0.2, 0.25) is 0 Å². The molecule has 0 fully saturated rings. The minimum Gasteiger partial charge on any atom is -0.205 e. The van der Waals surface area contributed by atoms with E-state index < -0.39 is 0 Å². The molecule has 4 aromatic carbocycles. The highest BCUT2D eigenvalue weighted by Gasteiger charge is 2.07. The fourth-order valence-corrected chi connectivity index (χ4v) is 4.69. The Morgan fingerprint density at radius 1 is 0.703 bits per heavy atom. The molecule has 0 aromatic heterocycles. The number of halogens is 1. The number of benzene rings is 4. The lowest BCUT2D eigenvalue weighted by atomic mass is 10.00. The molecule has 0 unspecified atom stereocenters. The van der Waals surface area contributed by atoms with Crippen LogP contribution in [0.3, 0.4) is 0 Å². The van der Waals surface area contributed by atoms with Gasteiger partial charge < -0.3 is 0 Å². The fraction of sp³-hybridized carbons (Fsp3) is 0.278. The highest BCUT2D eigenvalue weighted by Crippen LogP contribution is 2.24. The van der Waals surface area contributed by atoms with E-state index in [0.717, 1.165) is 30.2 Å². The molecular formula is C36H37F. The van der Waals surface area contributed by atoms with Gasteiger partial charge in [0.2, 0.25) is 0 Å². The van der Waals surface area contributed by atoms with Crippen LogP contribution in [0.15, 0.2) is 91.0 Å². The third kappa shape index (κ3) is 7.43. The van der Waals surface area contributed by atoms with Crippen LogP contribution >= 0.6 is 0 Å². The first kappa shape index (κ1) is 26.4. The summed E-state index contributed by atoms with van der Waals surface area (Å²) in [5.41, 5.74) is 6.32. The van der Waals surface area contributed by atoms with Crippen molar-refractivity contribution in [1.29, 1.82) is 0 Å². The Balaban J connectivity index is 1.40. The van der Waals surface area contributed by atoms with E-state index in [1.54, 1.807) is 6.07 Å². The van der Waals surface area contributed by atoms with Gasteiger partial charge in [-0.1, -0.05) is 117 Å². The van der Waals surface area contributed by atoms with Gasteiger partial charge in [-0.05, 0) is 78.4 Å². The molecule has 0 heterocycles. The lowest BCUT2D eigenvalue weighted by molar-refractivity contribution is 0.632. The van der Waals surface area contributed by atoms with Crippen LogP contribution in [-0.2, 0) is 12.8 Å². The molecule has 37 heavy (non-hydrogen) atoms. The summed E-state index contributed by atoms with van der Waals surface area (Å²) in [5.74, 6) is 5.94. The van der Waals surface area contributed by atoms with Crippen LogP contribution in [-0.4, -0.2) is 0 Å². The third-order valence-corrected chi connectivity index (χ3v) is 6.94. The molecule has 188 valence electrons. The van der Waals surface area contributed by atoms with Gasteiger partial charge in [0, 0.05) is 10.9 Å². The second-order valence-corrected chi connectivity index (χ2v) is 9.78. The quantitative estimate of drug-likeness (QED) is 0.118. The van der Waals surface area contributed by atoms with E-state index in [2.05, 4.69) is 73.4 Å². The molecule has 0 atom stereocenters. The van der Waals surface area contributed by atoms with Gasteiger partial charge in [0.25, 0.3) is 0 Å². The van der Waals surface area contributed by atoms with E-state index in [1.807, 2.05) is 37.3 Å². The predicted molar refractivity (Wildman–Crippen MR) is 157 cm³/mol. The van der Waals surface area contributed by atoms with Gasteiger partial charge >= 0.3 is 0 Å². The fourth-order valence-electron chi connectivity index (χ4n) is 4.69. The van der Waals surface area contributed by atoms with Crippen LogP contribution in [0.5, 0.6) is 0 Å². The largest absolute Gasteiger partial charge is 0.205 e. The first-order valence-corrected chi connectivity index (χ1v) is 13.7. The van der Waals surface area contributed by atoms with E-state index in [9.17, 15) is 0 Å². The summed E-state index contributed by atoms with van der Waals surface area (Å²) in [6.45, 7) is 4.28. The van der Waals surface area contributed by atoms with Gasteiger partial charge in [0.05, 0.1) is 5.56 Å². The first-order chi connectivity index (χ1) is 18.2. The van der Waals surface area contributed by atoms with E-state index >= 15 is 4.39 Å². The molecule has 0 bridgehead atoms. The molecular weight excluding hydrogens is 451 g/mol. The molecule has 0 spiro atoms. The Labute approximate surface area is 222 Å². The van der Waals surface area contributed by atoms with E-state index in [-0.39, 0.29) is 5.82 Å². The Kier molecular flexibility index (Phi) is 9.73. The van der Waals surface area contributed by atoms with E-state index in [4.69, 9.17) is 0 Å². The van der Waals surface area contributed by atoms with Gasteiger partial charge in [-0.25, -0.2) is 4.39 Å². The summed E-state index contributed by atoms with van der Waals surface area (Å²) in [6.07, 6.45) is 13.9. The monoisotopic (exact) mass is 488 g/mol. The van der Waals surface area contributed by atoms with Crippen LogP contribution in [0.25, 0.3) is 21.9 Å². The van der Waals surface area contributed by atoms with Crippen LogP contribution in [0.1, 0.15) is 74.6 Å². The molecule has 0 aliphatic rings. The van der Waals surface area contributed by atoms with Crippen LogP contribution < -0.4 is 0 Å². The maximum Gasteiger partial charge on any atom is 0.146 e. The van der Waals surface area contributed by atoms with Crippen molar-refractivity contribution in [3.8, 4) is 23.0 Å². The molecule has 0 saturated carbocycles. The van der Waals surface area contributed by atoms with Crippen molar-refractivity contribution in [2.24, 2.45) is 0 Å². The average Bonchev–Trinajstić information content (AvgIpc) is 2.93. The summed E-state index contributed by atoms with van der Waals surface area (Å²) in [5, 5.41) is 1.55. The predicted octanol–water partition coefficient (Wildman–Crippen LogP) is 10.1. The van der Waals surface area contributed by atoms with Crippen molar-refractivity contribution >= 4 is 10.8 Å². The van der Waals surface area contributed by atoms with Crippen molar-refractivity contribution in [1.82, 2.24) is 0 Å². The lowest BCUT2D eigenvalue weighted by Gasteiger charge is -2.06. The summed E-state index contributed by atoms with van der Waals surface area (Å²) in [7, 11) is 0. The Morgan fingerprint density at radius 2 is 1.41 bits per heavy atom. The first-order valence-electron chi connectivity index (χ1n) is 13.7. The van der Waals surface area contributed by atoms with Crippen molar-refractivity contribution in [3.05, 3.63) is 119 Å². The standard InChI is InChI=1S/C36H37F/c1-3-5-7-8-10-11-28-13-19-31(20-14-28)32-21-15-29(16-22-32)17-23-33-24-25-34-27-30(12-9-6-4-2)18-26-35(34)36(33)37/h4,6,13-16,18-22,24-27H,3,5,7-12H2,1-2H3/b6-4+. The van der Waals surface area contributed by atoms with Gasteiger partial charge in [-0.2, -0.15) is 0 Å². The van der Waals surface area contributed by atoms with Crippen molar-refractivity contribution in [2.45, 2.75) is 65.2 Å². The number of allylic oxidation sites excluding steroid dienone is 2. The summed E-state index contributed by atoms with van der Waals surface area (Å²) in [4.78, 5) is 0. The number of fused-ring (bicyclic) bond motifs is 1. The topological polar surface area (TPSA) is 0 Å². The number of aryl methyl sites for hydroxylation is 2. The average molecular weight is 489 g/mol. The molecule has 0 aliphatic carbocycles. The van der Waals surface area contributed by atoms with E-state index in [1.165, 1.54) is 54.4 Å². The zero-order valence-corrected chi connectivity index (χ0v) is 22.2. The smallest absolute Gasteiger partial charge is 0.146 e. The highest BCUT2D eigenvalue weighted by atomic mass is 19.1. The molecule has 4 aromatic rings. The van der Waals surface area contributed by atoms with Gasteiger partial charge in [-0.3, -0.25) is 0 Å². The second-order valence-electron chi connectivity index (χ2n) is 9.78. The number of hydrogen-bond acceptors (Lipinski definition) is 0. The number of unbranched alkanes of at least 4 members (excludes halogenated alkanes) is 4. The Morgan fingerprint density at radius 3 is 2.14 bits per heavy atom. The van der Waals surface area contributed by atoms with Crippen LogP contribution in [0, 0.1) is 17.7 Å². The molecule has 0 nitrogen and oxygen atoms in total. The minimum atomic E-state index is -0.243. The van der Waals surface area contributed by atoms with Crippen molar-refractivity contribution in [3.63, 3.8) is 0 Å². The van der Waals surface area contributed by atoms with Gasteiger partial charge in [-0.15, -0.1) is 0 Å². The minimum absolute atomic E-state index is 0.243. The maximum absolute atomic E-state index is 15.1. The normalized spacial score (nSPS) is 11.1. The third-order valence-electron chi connectivity index (χ3n) is 6.94. The Bertz CT molecular complexity index is 1380. The second kappa shape index (κ2) is 13.6. The number of hydrogen-bond donors (Lipinski definition) is 0. The zero-order chi connectivity index (χ0) is 25.9. The van der Waals surface area contributed by atoms with Gasteiger partial charge in [0.15, 0.2) is 0 Å². The van der Waals surface area contributed by atoms with Crippen molar-refractivity contribution in [2.75, 3.05) is 0 Å². The summed E-state index contributed by atoms with van der Waals surface area (Å²) >= 11 is 0. The lowest BCUT2D eigenvalue weighted by Crippen LogP contribution is -1.89. The van der Waals surface area contributed by atoms with E-state index in [0.29, 0.717) is 10.9 Å². The molecule has 0 aliphatic heterocycles. The molecule has 0 saturated heterocycles. The van der Waals surface area contributed by atoms with Gasteiger partial charge in [0.1, 0.15) is 5.82 Å².